The molecule has 0 aliphatic carbocycles. The number of hydrogen-bond donors (Lipinski definition) is 0. The first-order valence-corrected chi connectivity index (χ1v) is 12.4. The summed E-state index contributed by atoms with van der Waals surface area (Å²) >= 11 is 0. The first-order chi connectivity index (χ1) is 14.3. The second kappa shape index (κ2) is 7.30. The van der Waals surface area contributed by atoms with Gasteiger partial charge >= 0.3 is 0 Å². The van der Waals surface area contributed by atoms with Crippen molar-refractivity contribution in [2.45, 2.75) is 9.79 Å². The third-order valence-electron chi connectivity index (χ3n) is 4.96. The van der Waals surface area contributed by atoms with E-state index in [1.54, 1.807) is 48.5 Å². The van der Waals surface area contributed by atoms with Crippen LogP contribution in [-0.2, 0) is 17.7 Å². The SMILES string of the molecule is COc1ccc(S(=O)(=O)S(=O)(=O)c2ccc(OC)c3ccccc23)c2ccccc12. The van der Waals surface area contributed by atoms with Gasteiger partial charge in [-0.3, -0.25) is 0 Å². The van der Waals surface area contributed by atoms with Gasteiger partial charge in [0, 0.05) is 21.5 Å². The molecule has 154 valence electrons. The Labute approximate surface area is 173 Å². The summed E-state index contributed by atoms with van der Waals surface area (Å²) in [5.74, 6) is 0.911. The molecule has 0 saturated carbocycles. The van der Waals surface area contributed by atoms with Crippen molar-refractivity contribution in [1.82, 2.24) is 0 Å². The van der Waals surface area contributed by atoms with Crippen LogP contribution in [0.1, 0.15) is 0 Å². The van der Waals surface area contributed by atoms with Crippen LogP contribution in [0.4, 0.5) is 0 Å². The number of methoxy groups -OCH3 is 2. The predicted molar refractivity (Wildman–Crippen MR) is 115 cm³/mol. The molecule has 4 rings (SSSR count). The van der Waals surface area contributed by atoms with Gasteiger partial charge in [0.15, 0.2) is 0 Å². The molecular formula is C22H18O6S2. The van der Waals surface area contributed by atoms with Gasteiger partial charge in [-0.05, 0) is 24.3 Å². The Hall–Kier alpha value is -3.10. The first kappa shape index (κ1) is 20.2. The maximum absolute atomic E-state index is 13.4. The average molecular weight is 443 g/mol. The van der Waals surface area contributed by atoms with Gasteiger partial charge < -0.3 is 9.47 Å². The van der Waals surface area contributed by atoms with Crippen LogP contribution in [0.3, 0.4) is 0 Å². The monoisotopic (exact) mass is 442 g/mol. The molecule has 0 bridgehead atoms. The summed E-state index contributed by atoms with van der Waals surface area (Å²) in [5, 5.41) is 1.57. The van der Waals surface area contributed by atoms with Crippen LogP contribution < -0.4 is 9.47 Å². The Bertz CT molecular complexity index is 1370. The van der Waals surface area contributed by atoms with Crippen molar-refractivity contribution in [3.05, 3.63) is 72.8 Å². The molecular weight excluding hydrogens is 424 g/mol. The Morgan fingerprint density at radius 3 is 1.17 bits per heavy atom. The third kappa shape index (κ3) is 2.91. The molecule has 0 N–H and O–H groups in total. The molecule has 4 aromatic carbocycles. The van der Waals surface area contributed by atoms with Gasteiger partial charge in [0.25, 0.3) is 17.7 Å². The van der Waals surface area contributed by atoms with Gasteiger partial charge in [-0.25, -0.2) is 16.8 Å². The second-order valence-electron chi connectivity index (χ2n) is 6.53. The van der Waals surface area contributed by atoms with Crippen LogP contribution >= 0.6 is 0 Å². The molecule has 0 amide bonds. The number of benzene rings is 4. The van der Waals surface area contributed by atoms with Crippen molar-refractivity contribution in [3.8, 4) is 11.5 Å². The van der Waals surface area contributed by atoms with Crippen LogP contribution in [0.2, 0.25) is 0 Å². The lowest BCUT2D eigenvalue weighted by molar-refractivity contribution is 0.419. The van der Waals surface area contributed by atoms with Gasteiger partial charge in [-0.2, -0.15) is 0 Å². The fourth-order valence-electron chi connectivity index (χ4n) is 3.52. The number of hydrogen-bond acceptors (Lipinski definition) is 6. The largest absolute Gasteiger partial charge is 0.496 e. The van der Waals surface area contributed by atoms with Crippen LogP contribution in [0, 0.1) is 0 Å². The molecule has 30 heavy (non-hydrogen) atoms. The maximum atomic E-state index is 13.4. The Morgan fingerprint density at radius 1 is 0.500 bits per heavy atom. The van der Waals surface area contributed by atoms with Crippen LogP contribution in [0.25, 0.3) is 21.5 Å². The zero-order valence-electron chi connectivity index (χ0n) is 16.2. The normalized spacial score (nSPS) is 12.2. The molecule has 0 aliphatic heterocycles. The van der Waals surface area contributed by atoms with E-state index in [4.69, 9.17) is 9.47 Å². The summed E-state index contributed by atoms with van der Waals surface area (Å²) in [5.41, 5.74) is 0. The van der Waals surface area contributed by atoms with E-state index >= 15 is 0 Å². The minimum atomic E-state index is -4.78. The van der Waals surface area contributed by atoms with Gasteiger partial charge in [0.05, 0.1) is 24.0 Å². The minimum absolute atomic E-state index is 0.276. The van der Waals surface area contributed by atoms with Crippen LogP contribution in [0.15, 0.2) is 82.6 Å². The predicted octanol–water partition coefficient (Wildman–Crippen LogP) is 4.17. The van der Waals surface area contributed by atoms with Crippen molar-refractivity contribution in [1.29, 1.82) is 0 Å². The molecule has 0 unspecified atom stereocenters. The summed E-state index contributed by atoms with van der Waals surface area (Å²) in [6.07, 6.45) is 0. The van der Waals surface area contributed by atoms with E-state index in [0.717, 1.165) is 0 Å². The summed E-state index contributed by atoms with van der Waals surface area (Å²) < 4.78 is 64.2. The highest BCUT2D eigenvalue weighted by Gasteiger charge is 2.36. The van der Waals surface area contributed by atoms with Gasteiger partial charge in [0.2, 0.25) is 0 Å². The number of rotatable bonds is 5. The van der Waals surface area contributed by atoms with Gasteiger partial charge in [-0.1, -0.05) is 48.5 Å². The molecule has 8 heteroatoms. The highest BCUT2D eigenvalue weighted by atomic mass is 33.2. The minimum Gasteiger partial charge on any atom is -0.496 e. The molecule has 0 aromatic heterocycles. The van der Waals surface area contributed by atoms with E-state index in [0.29, 0.717) is 22.3 Å². The Balaban J connectivity index is 2.02. The van der Waals surface area contributed by atoms with Crippen molar-refractivity contribution >= 4 is 39.3 Å². The van der Waals surface area contributed by atoms with Crippen LogP contribution in [0.5, 0.6) is 11.5 Å². The van der Waals surface area contributed by atoms with Crippen molar-refractivity contribution in [3.63, 3.8) is 0 Å². The molecule has 0 aliphatic rings. The van der Waals surface area contributed by atoms with Crippen LogP contribution in [-0.4, -0.2) is 31.1 Å². The van der Waals surface area contributed by atoms with E-state index in [1.165, 1.54) is 38.5 Å². The lowest BCUT2D eigenvalue weighted by Gasteiger charge is -2.14. The quantitative estimate of drug-likeness (QED) is 0.431. The molecule has 4 aromatic rings. The summed E-state index contributed by atoms with van der Waals surface area (Å²) in [7, 11) is -6.62. The highest BCUT2D eigenvalue weighted by Crippen LogP contribution is 2.38. The summed E-state index contributed by atoms with van der Waals surface area (Å²) in [6.45, 7) is 0. The fourth-order valence-corrected chi connectivity index (χ4v) is 7.64. The van der Waals surface area contributed by atoms with E-state index in [1.807, 2.05) is 0 Å². The second-order valence-corrected chi connectivity index (χ2v) is 11.9. The van der Waals surface area contributed by atoms with Crippen molar-refractivity contribution < 1.29 is 26.3 Å². The van der Waals surface area contributed by atoms with E-state index in [-0.39, 0.29) is 20.6 Å². The van der Waals surface area contributed by atoms with Gasteiger partial charge in [0.1, 0.15) is 11.5 Å². The Kier molecular flexibility index (Phi) is 4.91. The maximum Gasteiger partial charge on any atom is 0.287 e. The molecule has 0 radical (unpaired) electrons. The van der Waals surface area contributed by atoms with Crippen molar-refractivity contribution in [2.75, 3.05) is 14.2 Å². The van der Waals surface area contributed by atoms with Crippen molar-refractivity contribution in [2.24, 2.45) is 0 Å². The lowest BCUT2D eigenvalue weighted by atomic mass is 10.1. The number of fused-ring (bicyclic) bond motifs is 2. The Morgan fingerprint density at radius 2 is 0.833 bits per heavy atom. The zero-order chi connectivity index (χ0) is 21.5. The molecule has 0 heterocycles. The van der Waals surface area contributed by atoms with E-state index < -0.39 is 17.7 Å². The zero-order valence-corrected chi connectivity index (χ0v) is 17.8. The first-order valence-electron chi connectivity index (χ1n) is 8.94. The molecule has 0 spiro atoms. The third-order valence-corrected chi connectivity index (χ3v) is 10.1. The van der Waals surface area contributed by atoms with E-state index in [2.05, 4.69) is 0 Å². The molecule has 0 fully saturated rings. The molecule has 0 saturated heterocycles. The summed E-state index contributed by atoms with van der Waals surface area (Å²) in [4.78, 5) is -0.586. The lowest BCUT2D eigenvalue weighted by Crippen LogP contribution is -2.17. The number of ether oxygens (including phenoxy) is 2. The summed E-state index contributed by atoms with van der Waals surface area (Å²) in [6, 6.07) is 18.7. The topological polar surface area (TPSA) is 86.7 Å². The standard InChI is InChI=1S/C22H18O6S2/c1-27-19-11-13-21(17-9-5-3-7-15(17)19)29(23,24)30(25,26)22-14-12-20(28-2)16-8-4-6-10-18(16)22/h3-14H,1-2H3. The average Bonchev–Trinajstić information content (AvgIpc) is 2.77. The van der Waals surface area contributed by atoms with E-state index in [9.17, 15) is 16.8 Å². The highest BCUT2D eigenvalue weighted by molar-refractivity contribution is 8.67. The smallest absolute Gasteiger partial charge is 0.287 e. The molecule has 6 nitrogen and oxygen atoms in total. The fraction of sp³-hybridized carbons (Fsp3) is 0.0909. The molecule has 0 atom stereocenters. The van der Waals surface area contributed by atoms with Gasteiger partial charge in [-0.15, -0.1) is 0 Å².